The summed E-state index contributed by atoms with van der Waals surface area (Å²) in [5, 5.41) is 7.36. The number of halogens is 2. The number of carbonyl (C=O) groups excluding carboxylic acids is 1. The van der Waals surface area contributed by atoms with Crippen LogP contribution in [-0.4, -0.2) is 15.5 Å². The van der Waals surface area contributed by atoms with Gasteiger partial charge >= 0.3 is 0 Å². The molecule has 1 aromatic heterocycles. The number of anilines is 2. The van der Waals surface area contributed by atoms with Gasteiger partial charge in [-0.05, 0) is 55.8 Å². The molecular weight excluding hydrogens is 443 g/mol. The van der Waals surface area contributed by atoms with Gasteiger partial charge in [-0.2, -0.15) is 0 Å². The molecule has 0 saturated heterocycles. The molecule has 0 bridgehead atoms. The third-order valence-corrected chi connectivity index (χ3v) is 6.20. The lowest BCUT2D eigenvalue weighted by atomic mass is 9.94. The minimum absolute atomic E-state index is 0.210. The zero-order valence-corrected chi connectivity index (χ0v) is 19.0. The predicted molar refractivity (Wildman–Crippen MR) is 130 cm³/mol. The lowest BCUT2D eigenvalue weighted by molar-refractivity contribution is -0.113. The van der Waals surface area contributed by atoms with Crippen molar-refractivity contribution >= 4 is 51.8 Å². The number of aromatic nitrogens is 2. The van der Waals surface area contributed by atoms with Gasteiger partial charge < -0.3 is 10.6 Å². The molecule has 0 radical (unpaired) electrons. The Morgan fingerprint density at radius 2 is 1.78 bits per heavy atom. The second-order valence-corrected chi connectivity index (χ2v) is 8.69. The van der Waals surface area contributed by atoms with E-state index in [-0.39, 0.29) is 5.91 Å². The van der Waals surface area contributed by atoms with E-state index in [1.165, 1.54) is 0 Å². The summed E-state index contributed by atoms with van der Waals surface area (Å²) in [6.07, 6.45) is 0. The molecule has 7 heteroatoms. The molecule has 2 N–H and O–H groups in total. The lowest BCUT2D eigenvalue weighted by Crippen LogP contribution is -2.31. The van der Waals surface area contributed by atoms with Gasteiger partial charge in [0.25, 0.3) is 5.91 Å². The molecule has 1 aliphatic heterocycles. The van der Waals surface area contributed by atoms with Gasteiger partial charge in [-0.1, -0.05) is 59.1 Å². The number of benzene rings is 3. The molecular formula is C25H20Cl2N4O. The molecule has 3 aromatic carbocycles. The van der Waals surface area contributed by atoms with Crippen LogP contribution in [0.2, 0.25) is 10.0 Å². The van der Waals surface area contributed by atoms with E-state index in [4.69, 9.17) is 28.2 Å². The molecule has 1 aliphatic rings. The summed E-state index contributed by atoms with van der Waals surface area (Å²) in [7, 11) is 0. The fourth-order valence-electron chi connectivity index (χ4n) is 4.11. The zero-order valence-electron chi connectivity index (χ0n) is 17.5. The number of nitrogens with one attached hydrogen (secondary N) is 2. The third kappa shape index (κ3) is 3.53. The number of fused-ring (bicyclic) bond motifs is 3. The molecule has 160 valence electrons. The summed E-state index contributed by atoms with van der Waals surface area (Å²) < 4.78 is 2.02. The van der Waals surface area contributed by atoms with Crippen molar-refractivity contribution in [2.75, 3.05) is 10.6 Å². The Bertz CT molecular complexity index is 1390. The van der Waals surface area contributed by atoms with Crippen LogP contribution in [0.5, 0.6) is 0 Å². The number of hydrogen-bond donors (Lipinski definition) is 2. The molecule has 0 unspecified atom stereocenters. The van der Waals surface area contributed by atoms with Gasteiger partial charge in [0.05, 0.1) is 22.6 Å². The first-order valence-electron chi connectivity index (χ1n) is 10.2. The second kappa shape index (κ2) is 8.01. The standard InChI is InChI=1S/C25H20Cl2N4O/c1-14-7-10-17(11-8-14)29-24(32)22-15(2)28-25-30-20-5-3-4-6-21(20)31(25)23(22)18-12-9-16(26)13-19(18)27/h3-13,23H,1-2H3,(H,28,30)(H,29,32)/t23-/m1/s1. The summed E-state index contributed by atoms with van der Waals surface area (Å²) in [6, 6.07) is 20.4. The molecule has 0 fully saturated rings. The van der Waals surface area contributed by atoms with E-state index in [2.05, 4.69) is 10.6 Å². The Morgan fingerprint density at radius 1 is 1.03 bits per heavy atom. The number of rotatable bonds is 3. The SMILES string of the molecule is CC1=C(C(=O)Nc2ccc(C)cc2)[C@@H](c2ccc(Cl)cc2Cl)n2c(nc3ccccc32)N1. The molecule has 1 amide bonds. The number of hydrogen-bond acceptors (Lipinski definition) is 3. The highest BCUT2D eigenvalue weighted by atomic mass is 35.5. The van der Waals surface area contributed by atoms with Crippen LogP contribution in [0.3, 0.4) is 0 Å². The first-order valence-corrected chi connectivity index (χ1v) is 11.0. The Balaban J connectivity index is 1.68. The normalized spacial score (nSPS) is 15.4. The van der Waals surface area contributed by atoms with E-state index in [9.17, 15) is 4.79 Å². The molecule has 1 atom stereocenters. The molecule has 0 spiro atoms. The number of para-hydroxylation sites is 2. The van der Waals surface area contributed by atoms with E-state index in [0.29, 0.717) is 27.3 Å². The minimum atomic E-state index is -0.478. The summed E-state index contributed by atoms with van der Waals surface area (Å²) in [4.78, 5) is 18.3. The van der Waals surface area contributed by atoms with Crippen molar-refractivity contribution in [3.8, 4) is 0 Å². The second-order valence-electron chi connectivity index (χ2n) is 7.85. The molecule has 2 heterocycles. The number of carbonyl (C=O) groups is 1. The highest BCUT2D eigenvalue weighted by Gasteiger charge is 2.35. The van der Waals surface area contributed by atoms with Gasteiger partial charge in [0.2, 0.25) is 5.95 Å². The molecule has 0 saturated carbocycles. The first kappa shape index (κ1) is 20.6. The van der Waals surface area contributed by atoms with Crippen LogP contribution in [-0.2, 0) is 4.79 Å². The van der Waals surface area contributed by atoms with E-state index in [0.717, 1.165) is 27.8 Å². The van der Waals surface area contributed by atoms with Crippen molar-refractivity contribution in [3.05, 3.63) is 99.2 Å². The van der Waals surface area contributed by atoms with Gasteiger partial charge in [0, 0.05) is 21.4 Å². The van der Waals surface area contributed by atoms with Crippen LogP contribution in [0.4, 0.5) is 11.6 Å². The maximum Gasteiger partial charge on any atom is 0.255 e. The minimum Gasteiger partial charge on any atom is -0.329 e. The number of amides is 1. The maximum atomic E-state index is 13.6. The molecule has 5 rings (SSSR count). The van der Waals surface area contributed by atoms with Crippen molar-refractivity contribution in [2.24, 2.45) is 0 Å². The average Bonchev–Trinajstić information content (AvgIpc) is 3.12. The van der Waals surface area contributed by atoms with Crippen LogP contribution in [0.15, 0.2) is 78.0 Å². The highest BCUT2D eigenvalue weighted by molar-refractivity contribution is 6.35. The van der Waals surface area contributed by atoms with Crippen molar-refractivity contribution in [1.82, 2.24) is 9.55 Å². The fourth-order valence-corrected chi connectivity index (χ4v) is 4.62. The number of nitrogens with zero attached hydrogens (tertiary/aromatic N) is 2. The average molecular weight is 463 g/mol. The monoisotopic (exact) mass is 462 g/mol. The van der Waals surface area contributed by atoms with E-state index < -0.39 is 6.04 Å². The van der Waals surface area contributed by atoms with E-state index >= 15 is 0 Å². The third-order valence-electron chi connectivity index (χ3n) is 5.64. The fraction of sp³-hybridized carbons (Fsp3) is 0.120. The Kier molecular flexibility index (Phi) is 5.16. The van der Waals surface area contributed by atoms with Gasteiger partial charge in [-0.15, -0.1) is 0 Å². The van der Waals surface area contributed by atoms with Crippen LogP contribution < -0.4 is 10.6 Å². The van der Waals surface area contributed by atoms with Crippen LogP contribution in [0, 0.1) is 6.92 Å². The molecule has 0 aliphatic carbocycles. The lowest BCUT2D eigenvalue weighted by Gasteiger charge is -2.31. The van der Waals surface area contributed by atoms with Crippen LogP contribution >= 0.6 is 23.2 Å². The Morgan fingerprint density at radius 3 is 2.53 bits per heavy atom. The summed E-state index contributed by atoms with van der Waals surface area (Å²) >= 11 is 12.8. The molecule has 5 nitrogen and oxygen atoms in total. The summed E-state index contributed by atoms with van der Waals surface area (Å²) in [5.41, 5.74) is 5.63. The zero-order chi connectivity index (χ0) is 22.4. The van der Waals surface area contributed by atoms with Crippen LogP contribution in [0.1, 0.15) is 24.1 Å². The summed E-state index contributed by atoms with van der Waals surface area (Å²) in [5.74, 6) is 0.449. The first-order chi connectivity index (χ1) is 15.4. The topological polar surface area (TPSA) is 59.0 Å². The van der Waals surface area contributed by atoms with Crippen molar-refractivity contribution in [3.63, 3.8) is 0 Å². The van der Waals surface area contributed by atoms with Gasteiger partial charge in [-0.3, -0.25) is 9.36 Å². The molecule has 4 aromatic rings. The van der Waals surface area contributed by atoms with Crippen molar-refractivity contribution < 1.29 is 4.79 Å². The van der Waals surface area contributed by atoms with Crippen LogP contribution in [0.25, 0.3) is 11.0 Å². The Labute approximate surface area is 195 Å². The maximum absolute atomic E-state index is 13.6. The van der Waals surface area contributed by atoms with Gasteiger partial charge in [0.1, 0.15) is 0 Å². The van der Waals surface area contributed by atoms with Crippen molar-refractivity contribution in [1.29, 1.82) is 0 Å². The predicted octanol–water partition coefficient (Wildman–Crippen LogP) is 6.58. The van der Waals surface area contributed by atoms with Crippen molar-refractivity contribution in [2.45, 2.75) is 19.9 Å². The number of imidazole rings is 1. The number of allylic oxidation sites excluding steroid dienone is 1. The number of aryl methyl sites for hydroxylation is 1. The molecule has 32 heavy (non-hydrogen) atoms. The smallest absolute Gasteiger partial charge is 0.255 e. The largest absolute Gasteiger partial charge is 0.329 e. The van der Waals surface area contributed by atoms with E-state index in [1.807, 2.05) is 73.0 Å². The van der Waals surface area contributed by atoms with Gasteiger partial charge in [0.15, 0.2) is 0 Å². The Hall–Kier alpha value is -3.28. The quantitative estimate of drug-likeness (QED) is 0.361. The van der Waals surface area contributed by atoms with E-state index in [1.54, 1.807) is 12.1 Å². The summed E-state index contributed by atoms with van der Waals surface area (Å²) in [6.45, 7) is 3.89. The van der Waals surface area contributed by atoms with Gasteiger partial charge in [-0.25, -0.2) is 4.98 Å². The highest BCUT2D eigenvalue weighted by Crippen LogP contribution is 2.42.